The van der Waals surface area contributed by atoms with Crippen molar-refractivity contribution in [1.29, 1.82) is 0 Å². The van der Waals surface area contributed by atoms with E-state index in [0.29, 0.717) is 24.7 Å². The number of halogens is 8. The lowest BCUT2D eigenvalue weighted by Gasteiger charge is -2.38. The lowest BCUT2D eigenvalue weighted by atomic mass is 9.68. The quantitative estimate of drug-likeness (QED) is 0.144. The van der Waals surface area contributed by atoms with E-state index in [0.717, 1.165) is 30.9 Å². The molecule has 0 aromatic heterocycles. The van der Waals surface area contributed by atoms with Gasteiger partial charge >= 0.3 is 12.2 Å². The van der Waals surface area contributed by atoms with Gasteiger partial charge in [-0.3, -0.25) is 0 Å². The Bertz CT molecular complexity index is 1180. The van der Waals surface area contributed by atoms with Crippen molar-refractivity contribution in [2.75, 3.05) is 0 Å². The van der Waals surface area contributed by atoms with Gasteiger partial charge in [0.15, 0.2) is 23.6 Å². The van der Waals surface area contributed by atoms with E-state index in [1.807, 2.05) is 0 Å². The summed E-state index contributed by atoms with van der Waals surface area (Å²) in [5, 5.41) is 0. The fourth-order valence-electron chi connectivity index (χ4n) is 6.67. The van der Waals surface area contributed by atoms with Gasteiger partial charge in [0.1, 0.15) is 22.9 Å². The van der Waals surface area contributed by atoms with Crippen LogP contribution in [0.1, 0.15) is 101 Å². The van der Waals surface area contributed by atoms with Crippen LogP contribution >= 0.6 is 0 Å². The summed E-state index contributed by atoms with van der Waals surface area (Å²) in [7, 11) is 0. The zero-order valence-electron chi connectivity index (χ0n) is 23.5. The molecule has 0 amide bonds. The summed E-state index contributed by atoms with van der Waals surface area (Å²) in [6, 6.07) is 2.21. The first-order valence-corrected chi connectivity index (χ1v) is 14.7. The van der Waals surface area contributed by atoms with Gasteiger partial charge in [0, 0.05) is 12.1 Å². The minimum absolute atomic E-state index is 0.168. The molecule has 2 aromatic rings. The molecule has 0 aliphatic heterocycles. The Labute approximate surface area is 241 Å². The van der Waals surface area contributed by atoms with Crippen LogP contribution in [0.3, 0.4) is 0 Å². The summed E-state index contributed by atoms with van der Waals surface area (Å²) in [5.74, 6) is -6.88. The molecule has 0 heterocycles. The smallest absolute Gasteiger partial charge is 0.432 e. The van der Waals surface area contributed by atoms with E-state index >= 15 is 0 Å². The number of hydrogen-bond donors (Lipinski definition) is 0. The highest BCUT2D eigenvalue weighted by Gasteiger charge is 2.42. The van der Waals surface area contributed by atoms with E-state index in [-0.39, 0.29) is 29.9 Å². The maximum absolute atomic E-state index is 14.9. The molecule has 0 radical (unpaired) electrons. The molecule has 0 unspecified atom stereocenters. The Kier molecular flexibility index (Phi) is 10.8. The lowest BCUT2D eigenvalue weighted by Crippen LogP contribution is -2.27. The molecule has 0 atom stereocenters. The van der Waals surface area contributed by atoms with Gasteiger partial charge in [-0.2, -0.15) is 17.6 Å². The third-order valence-electron chi connectivity index (χ3n) is 8.86. The largest absolute Gasteiger partial charge is 0.453 e. The summed E-state index contributed by atoms with van der Waals surface area (Å²) in [6.45, 7) is 2.21. The molecule has 0 N–H and O–H groups in total. The summed E-state index contributed by atoms with van der Waals surface area (Å²) < 4.78 is 120. The van der Waals surface area contributed by atoms with Crippen molar-refractivity contribution in [3.05, 3.63) is 71.0 Å². The molecule has 2 nitrogen and oxygen atoms in total. The molecule has 0 spiro atoms. The number of alkyl halides is 2. The standard InChI is InChI=1S/C32H36F8O2/c1-2-3-4-5-19-6-8-20(9-7-19)21-10-12-22(13-11-21)23-14-25(33)30(26(34)15-23)32(39,40)42-24-16-27(35)31(28(36)17-24)41-18-29(37)38/h14-22H,2-13H2,1H3. The number of rotatable bonds is 11. The van der Waals surface area contributed by atoms with Crippen LogP contribution in [0.2, 0.25) is 0 Å². The highest BCUT2D eigenvalue weighted by atomic mass is 19.3. The van der Waals surface area contributed by atoms with Gasteiger partial charge in [-0.15, -0.1) is 0 Å². The van der Waals surface area contributed by atoms with Crippen molar-refractivity contribution >= 4 is 0 Å². The Morgan fingerprint density at radius 1 is 0.786 bits per heavy atom. The highest BCUT2D eigenvalue weighted by Crippen LogP contribution is 2.46. The topological polar surface area (TPSA) is 18.5 Å². The van der Waals surface area contributed by atoms with E-state index in [2.05, 4.69) is 16.4 Å². The van der Waals surface area contributed by atoms with E-state index < -0.39 is 52.5 Å². The Hall–Kier alpha value is -2.78. The molecule has 2 aliphatic rings. The van der Waals surface area contributed by atoms with Crippen molar-refractivity contribution in [2.45, 2.75) is 96.0 Å². The number of hydrogen-bond acceptors (Lipinski definition) is 2. The first kappa shape index (κ1) is 32.1. The van der Waals surface area contributed by atoms with Crippen LogP contribution in [0.5, 0.6) is 11.5 Å². The molecule has 2 aliphatic carbocycles. The highest BCUT2D eigenvalue weighted by molar-refractivity contribution is 5.37. The van der Waals surface area contributed by atoms with Crippen LogP contribution < -0.4 is 9.47 Å². The minimum Gasteiger partial charge on any atom is -0.453 e. The van der Waals surface area contributed by atoms with Gasteiger partial charge in [0.25, 0.3) is 0 Å². The number of benzene rings is 2. The third kappa shape index (κ3) is 7.98. The van der Waals surface area contributed by atoms with Crippen LogP contribution in [0.25, 0.3) is 0 Å². The van der Waals surface area contributed by atoms with Crippen molar-refractivity contribution in [2.24, 2.45) is 17.8 Å². The molecule has 0 saturated heterocycles. The van der Waals surface area contributed by atoms with Crippen LogP contribution in [0.4, 0.5) is 35.1 Å². The molecular weight excluding hydrogens is 568 g/mol. The fourth-order valence-corrected chi connectivity index (χ4v) is 6.67. The normalized spacial score (nSPS) is 23.0. The molecule has 4 rings (SSSR count). The van der Waals surface area contributed by atoms with E-state index in [4.69, 9.17) is 0 Å². The second kappa shape index (κ2) is 14.1. The monoisotopic (exact) mass is 604 g/mol. The summed E-state index contributed by atoms with van der Waals surface area (Å²) >= 11 is 0. The molecule has 2 saturated carbocycles. The van der Waals surface area contributed by atoms with Gasteiger partial charge < -0.3 is 9.47 Å². The van der Waals surface area contributed by atoms with Crippen LogP contribution in [0, 0.1) is 41.0 Å². The summed E-state index contributed by atoms with van der Waals surface area (Å²) in [4.78, 5) is 0. The van der Waals surface area contributed by atoms with Crippen molar-refractivity contribution in [3.63, 3.8) is 0 Å². The van der Waals surface area contributed by atoms with Crippen LogP contribution in [0.15, 0.2) is 36.6 Å². The average Bonchev–Trinajstić information content (AvgIpc) is 2.92. The maximum Gasteiger partial charge on any atom is 0.432 e. The van der Waals surface area contributed by atoms with E-state index in [1.165, 1.54) is 51.4 Å². The second-order valence-electron chi connectivity index (χ2n) is 11.6. The Morgan fingerprint density at radius 3 is 1.86 bits per heavy atom. The fraction of sp³-hybridized carbons (Fsp3) is 0.562. The SMILES string of the molecule is CCCCCC1CCC(C2CCC(c3cc(F)c(C(F)(F)Oc4cc(F)c(OC=C(F)F)c(F)c4)c(F)c3)CC2)CC1. The van der Waals surface area contributed by atoms with Gasteiger partial charge in [0.05, 0.1) is 0 Å². The Morgan fingerprint density at radius 2 is 1.33 bits per heavy atom. The maximum atomic E-state index is 14.9. The second-order valence-corrected chi connectivity index (χ2v) is 11.6. The molecule has 2 aromatic carbocycles. The van der Waals surface area contributed by atoms with Crippen molar-refractivity contribution in [1.82, 2.24) is 0 Å². The minimum atomic E-state index is -4.63. The summed E-state index contributed by atoms with van der Waals surface area (Å²) in [6.07, 6.45) is 6.07. The molecule has 10 heteroatoms. The van der Waals surface area contributed by atoms with Gasteiger partial charge in [-0.05, 0) is 79.9 Å². The zero-order valence-corrected chi connectivity index (χ0v) is 23.5. The molecule has 0 bridgehead atoms. The molecule has 42 heavy (non-hydrogen) atoms. The lowest BCUT2D eigenvalue weighted by molar-refractivity contribution is -0.189. The number of unbranched alkanes of at least 4 members (excludes halogenated alkanes) is 2. The van der Waals surface area contributed by atoms with Crippen molar-refractivity contribution in [3.8, 4) is 11.5 Å². The van der Waals surface area contributed by atoms with Crippen molar-refractivity contribution < 1.29 is 44.6 Å². The van der Waals surface area contributed by atoms with E-state index in [1.54, 1.807) is 0 Å². The summed E-state index contributed by atoms with van der Waals surface area (Å²) in [5.41, 5.74) is -1.41. The third-order valence-corrected chi connectivity index (χ3v) is 8.86. The van der Waals surface area contributed by atoms with Gasteiger partial charge in [-0.25, -0.2) is 17.6 Å². The Balaban J connectivity index is 1.37. The van der Waals surface area contributed by atoms with Crippen LogP contribution in [-0.2, 0) is 6.11 Å². The predicted octanol–water partition coefficient (Wildman–Crippen LogP) is 11.1. The molecule has 2 fully saturated rings. The van der Waals surface area contributed by atoms with Crippen LogP contribution in [-0.4, -0.2) is 0 Å². The number of ether oxygens (including phenoxy) is 2. The molecular formula is C32H36F8O2. The zero-order chi connectivity index (χ0) is 30.4. The van der Waals surface area contributed by atoms with Gasteiger partial charge in [0.2, 0.25) is 0 Å². The first-order valence-electron chi connectivity index (χ1n) is 14.7. The predicted molar refractivity (Wildman–Crippen MR) is 142 cm³/mol. The van der Waals surface area contributed by atoms with Gasteiger partial charge in [-0.1, -0.05) is 45.4 Å². The first-order chi connectivity index (χ1) is 20.0. The molecule has 232 valence electrons. The van der Waals surface area contributed by atoms with E-state index in [9.17, 15) is 35.1 Å². The average molecular weight is 605 g/mol.